The Morgan fingerprint density at radius 2 is 2.00 bits per heavy atom. The first-order chi connectivity index (χ1) is 13.1. The van der Waals surface area contributed by atoms with E-state index in [0.29, 0.717) is 28.8 Å². The molecule has 140 valence electrons. The summed E-state index contributed by atoms with van der Waals surface area (Å²) in [7, 11) is 0. The van der Waals surface area contributed by atoms with Crippen molar-refractivity contribution in [2.75, 3.05) is 13.1 Å². The van der Waals surface area contributed by atoms with Crippen LogP contribution in [-0.2, 0) is 6.54 Å². The summed E-state index contributed by atoms with van der Waals surface area (Å²) in [5.74, 6) is 0.384. The topological polar surface area (TPSA) is 42.2 Å². The molecule has 27 heavy (non-hydrogen) atoms. The number of nitrogens with zero attached hydrogens (tertiary/aromatic N) is 3. The van der Waals surface area contributed by atoms with Gasteiger partial charge in [-0.15, -0.1) is 0 Å². The lowest BCUT2D eigenvalue weighted by molar-refractivity contribution is 0.180. The molecule has 1 aromatic heterocycles. The minimum absolute atomic E-state index is 0.104. The quantitative estimate of drug-likeness (QED) is 0.626. The van der Waals surface area contributed by atoms with Crippen molar-refractivity contribution in [1.29, 1.82) is 0 Å². The maximum atomic E-state index is 13.4. The summed E-state index contributed by atoms with van der Waals surface area (Å²) in [6.07, 6.45) is 1.93. The largest absolute Gasteiger partial charge is 0.339 e. The molecule has 3 aromatic rings. The van der Waals surface area contributed by atoms with E-state index in [0.717, 1.165) is 31.5 Å². The maximum absolute atomic E-state index is 13.4. The Morgan fingerprint density at radius 3 is 2.81 bits per heavy atom. The van der Waals surface area contributed by atoms with Gasteiger partial charge in [-0.05, 0) is 49.2 Å². The zero-order valence-electron chi connectivity index (χ0n) is 14.5. The van der Waals surface area contributed by atoms with Gasteiger partial charge >= 0.3 is 0 Å². The van der Waals surface area contributed by atoms with Gasteiger partial charge in [-0.25, -0.2) is 8.78 Å². The average molecular weight is 390 g/mol. The molecule has 0 N–H and O–H groups in total. The highest BCUT2D eigenvalue weighted by Crippen LogP contribution is 2.29. The predicted octanol–water partition coefficient (Wildman–Crippen LogP) is 5.05. The molecule has 2 aromatic carbocycles. The van der Waals surface area contributed by atoms with Crippen molar-refractivity contribution in [3.8, 4) is 11.4 Å². The van der Waals surface area contributed by atoms with Crippen molar-refractivity contribution in [2.45, 2.75) is 25.3 Å². The molecule has 1 aliphatic heterocycles. The van der Waals surface area contributed by atoms with E-state index in [-0.39, 0.29) is 17.6 Å². The molecule has 1 fully saturated rings. The van der Waals surface area contributed by atoms with E-state index < -0.39 is 0 Å². The molecular formula is C20H18ClF2N3O. The predicted molar refractivity (Wildman–Crippen MR) is 98.4 cm³/mol. The van der Waals surface area contributed by atoms with E-state index >= 15 is 0 Å². The van der Waals surface area contributed by atoms with Crippen molar-refractivity contribution in [1.82, 2.24) is 15.0 Å². The van der Waals surface area contributed by atoms with Gasteiger partial charge < -0.3 is 4.52 Å². The molecule has 1 saturated heterocycles. The summed E-state index contributed by atoms with van der Waals surface area (Å²) >= 11 is 6.15. The number of hydrogen-bond donors (Lipinski definition) is 0. The fourth-order valence-corrected chi connectivity index (χ4v) is 3.66. The van der Waals surface area contributed by atoms with E-state index in [4.69, 9.17) is 16.1 Å². The number of rotatable bonds is 4. The average Bonchev–Trinajstić information content (AvgIpc) is 3.15. The van der Waals surface area contributed by atoms with Gasteiger partial charge in [0.25, 0.3) is 0 Å². The number of halogens is 3. The third-order valence-corrected chi connectivity index (χ3v) is 5.14. The second-order valence-electron chi connectivity index (χ2n) is 6.78. The first kappa shape index (κ1) is 18.1. The third kappa shape index (κ3) is 4.17. The Morgan fingerprint density at radius 1 is 1.15 bits per heavy atom. The van der Waals surface area contributed by atoms with Crippen molar-refractivity contribution < 1.29 is 13.3 Å². The summed E-state index contributed by atoms with van der Waals surface area (Å²) in [5, 5.41) is 4.44. The summed E-state index contributed by atoms with van der Waals surface area (Å²) in [4.78, 5) is 6.72. The van der Waals surface area contributed by atoms with Gasteiger partial charge in [0.05, 0.1) is 5.92 Å². The third-order valence-electron chi connectivity index (χ3n) is 4.79. The molecule has 1 aliphatic rings. The molecular weight excluding hydrogens is 372 g/mol. The Balaban J connectivity index is 1.47. The number of hydrogen-bond acceptors (Lipinski definition) is 4. The van der Waals surface area contributed by atoms with E-state index in [2.05, 4.69) is 15.0 Å². The molecule has 0 saturated carbocycles. The lowest BCUT2D eigenvalue weighted by Crippen LogP contribution is -2.34. The van der Waals surface area contributed by atoms with E-state index in [1.807, 2.05) is 0 Å². The van der Waals surface area contributed by atoms with Crippen molar-refractivity contribution in [2.24, 2.45) is 0 Å². The molecule has 0 amide bonds. The van der Waals surface area contributed by atoms with Gasteiger partial charge in [-0.1, -0.05) is 35.0 Å². The van der Waals surface area contributed by atoms with E-state index in [9.17, 15) is 8.78 Å². The van der Waals surface area contributed by atoms with Crippen LogP contribution < -0.4 is 0 Å². The van der Waals surface area contributed by atoms with Crippen LogP contribution in [0.3, 0.4) is 0 Å². The standard InChI is InChI=1S/C20H18ClF2N3O/c21-18-10-17(23)7-6-14(18)11-26-8-2-4-15(12-26)20-24-19(25-27-20)13-3-1-5-16(22)9-13/h1,3,5-7,9-10,15H,2,4,8,11-12H2. The fraction of sp³-hybridized carbons (Fsp3) is 0.300. The lowest BCUT2D eigenvalue weighted by Gasteiger charge is -2.31. The summed E-state index contributed by atoms with van der Waals surface area (Å²) in [6.45, 7) is 2.31. The summed E-state index contributed by atoms with van der Waals surface area (Å²) < 4.78 is 32.1. The van der Waals surface area contributed by atoms with Gasteiger partial charge in [-0.2, -0.15) is 4.98 Å². The van der Waals surface area contributed by atoms with Gasteiger partial charge in [0.1, 0.15) is 11.6 Å². The van der Waals surface area contributed by atoms with Crippen LogP contribution in [-0.4, -0.2) is 28.1 Å². The van der Waals surface area contributed by atoms with Gasteiger partial charge in [0, 0.05) is 23.7 Å². The van der Waals surface area contributed by atoms with Crippen LogP contribution in [0.5, 0.6) is 0 Å². The van der Waals surface area contributed by atoms with Crippen molar-refractivity contribution >= 4 is 11.6 Å². The molecule has 0 radical (unpaired) electrons. The van der Waals surface area contributed by atoms with E-state index in [1.54, 1.807) is 18.2 Å². The second-order valence-corrected chi connectivity index (χ2v) is 7.18. The zero-order valence-corrected chi connectivity index (χ0v) is 15.3. The number of aromatic nitrogens is 2. The van der Waals surface area contributed by atoms with Crippen LogP contribution in [0.25, 0.3) is 11.4 Å². The second kappa shape index (κ2) is 7.74. The fourth-order valence-electron chi connectivity index (χ4n) is 3.44. The molecule has 2 heterocycles. The SMILES string of the molecule is Fc1cccc(-c2noc(C3CCCN(Cc4ccc(F)cc4Cl)C3)n2)c1. The van der Waals surface area contributed by atoms with Gasteiger partial charge in [0.15, 0.2) is 0 Å². The molecule has 7 heteroatoms. The van der Waals surface area contributed by atoms with E-state index in [1.165, 1.54) is 24.3 Å². The highest BCUT2D eigenvalue weighted by Gasteiger charge is 2.26. The number of likely N-dealkylation sites (tertiary alicyclic amines) is 1. The normalized spacial score (nSPS) is 18.0. The highest BCUT2D eigenvalue weighted by atomic mass is 35.5. The van der Waals surface area contributed by atoms with Gasteiger partial charge in [-0.3, -0.25) is 4.90 Å². The zero-order chi connectivity index (χ0) is 18.8. The van der Waals surface area contributed by atoms with Crippen LogP contribution in [0.2, 0.25) is 5.02 Å². The molecule has 1 unspecified atom stereocenters. The van der Waals surface area contributed by atoms with Crippen molar-refractivity contribution in [3.63, 3.8) is 0 Å². The van der Waals surface area contributed by atoms with Gasteiger partial charge in [0.2, 0.25) is 11.7 Å². The molecule has 4 nitrogen and oxygen atoms in total. The Labute approximate surface area is 160 Å². The monoisotopic (exact) mass is 389 g/mol. The molecule has 4 rings (SSSR count). The van der Waals surface area contributed by atoms with Crippen LogP contribution >= 0.6 is 11.6 Å². The summed E-state index contributed by atoms with van der Waals surface area (Å²) in [6, 6.07) is 10.6. The maximum Gasteiger partial charge on any atom is 0.231 e. The van der Waals surface area contributed by atoms with Crippen LogP contribution in [0, 0.1) is 11.6 Å². The summed E-state index contributed by atoms with van der Waals surface area (Å²) in [5.41, 5.74) is 1.49. The van der Waals surface area contributed by atoms with Crippen LogP contribution in [0.15, 0.2) is 47.0 Å². The Bertz CT molecular complexity index is 946. The smallest absolute Gasteiger partial charge is 0.231 e. The van der Waals surface area contributed by atoms with Crippen molar-refractivity contribution in [3.05, 3.63) is 70.6 Å². The lowest BCUT2D eigenvalue weighted by atomic mass is 9.97. The molecule has 1 atom stereocenters. The van der Waals surface area contributed by atoms with Crippen LogP contribution in [0.4, 0.5) is 8.78 Å². The minimum atomic E-state index is -0.337. The highest BCUT2D eigenvalue weighted by molar-refractivity contribution is 6.31. The molecule has 0 bridgehead atoms. The first-order valence-electron chi connectivity index (χ1n) is 8.84. The van der Waals surface area contributed by atoms with Crippen LogP contribution in [0.1, 0.15) is 30.2 Å². The first-order valence-corrected chi connectivity index (χ1v) is 9.22. The molecule has 0 aliphatic carbocycles. The molecule has 0 spiro atoms. The Hall–Kier alpha value is -2.31. The Kier molecular flexibility index (Phi) is 5.18. The minimum Gasteiger partial charge on any atom is -0.339 e. The number of piperidine rings is 1. The number of benzene rings is 2.